The molecule has 6 N–H and O–H groups in total. The highest BCUT2D eigenvalue weighted by molar-refractivity contribution is 6.32. The summed E-state index contributed by atoms with van der Waals surface area (Å²) in [6, 6.07) is 10.3. The highest BCUT2D eigenvalue weighted by atomic mass is 35.5. The number of rotatable bonds is 43. The summed E-state index contributed by atoms with van der Waals surface area (Å²) in [7, 11) is 1.48. The van der Waals surface area contributed by atoms with Crippen molar-refractivity contribution in [3.63, 3.8) is 0 Å². The third-order valence-electron chi connectivity index (χ3n) is 17.1. The molecule has 102 heavy (non-hydrogen) atoms. The average molecular weight is 1450 g/mol. The number of cyclic esters (lactones) is 2. The number of carbonyl (C=O) groups excluding carboxylic acids is 12. The van der Waals surface area contributed by atoms with Crippen molar-refractivity contribution in [2.45, 2.75) is 195 Å². The minimum atomic E-state index is -1.31. The van der Waals surface area contributed by atoms with Crippen LogP contribution in [0.4, 0.5) is 0 Å². The van der Waals surface area contributed by atoms with Gasteiger partial charge in [0.2, 0.25) is 35.4 Å². The van der Waals surface area contributed by atoms with Gasteiger partial charge in [0.25, 0.3) is 11.8 Å². The monoisotopic (exact) mass is 1450 g/mol. The Morgan fingerprint density at radius 1 is 0.725 bits per heavy atom. The molecule has 0 aromatic heterocycles. The van der Waals surface area contributed by atoms with Gasteiger partial charge in [0, 0.05) is 95.8 Å². The number of hydrogen-bond acceptors (Lipinski definition) is 21. The van der Waals surface area contributed by atoms with E-state index in [0.29, 0.717) is 93.4 Å². The number of esters is 2. The summed E-state index contributed by atoms with van der Waals surface area (Å²) in [6.07, 6.45) is 1.67. The van der Waals surface area contributed by atoms with Crippen LogP contribution < -0.4 is 36.6 Å². The number of benzene rings is 2. The van der Waals surface area contributed by atoms with Crippen LogP contribution in [0.1, 0.15) is 168 Å². The van der Waals surface area contributed by atoms with Crippen LogP contribution in [0, 0.1) is 29.1 Å². The van der Waals surface area contributed by atoms with Gasteiger partial charge >= 0.3 is 17.9 Å². The first kappa shape index (κ1) is 84.8. The number of epoxide rings is 1. The summed E-state index contributed by atoms with van der Waals surface area (Å²) in [5.74, 6) is -7.75. The number of Topliss-reactive ketones (excluding diaryl/α,β-unsaturated/α-hetero) is 1. The zero-order chi connectivity index (χ0) is 74.7. The number of methoxy groups -OCH3 is 1. The van der Waals surface area contributed by atoms with Crippen LogP contribution >= 0.6 is 11.6 Å². The number of imide groups is 1. The molecule has 0 spiro atoms. The zero-order valence-corrected chi connectivity index (χ0v) is 61.2. The summed E-state index contributed by atoms with van der Waals surface area (Å²) in [5.41, 5.74) is 0.832. The molecule has 0 bridgehead atoms. The Labute approximate surface area is 602 Å². The molecule has 3 aliphatic rings. The molecule has 8 amide bonds. The van der Waals surface area contributed by atoms with E-state index < -0.39 is 107 Å². The Kier molecular flexibility index (Phi) is 37.1. The second-order valence-electron chi connectivity index (χ2n) is 27.0. The molecular formula is C73H106ClN7O21. The van der Waals surface area contributed by atoms with Crippen molar-refractivity contribution in [3.05, 3.63) is 76.3 Å². The summed E-state index contributed by atoms with van der Waals surface area (Å²) in [4.78, 5) is 162. The number of unbranched alkanes of at least 4 members (excludes halogenated alkanes) is 1. The zero-order valence-electron chi connectivity index (χ0n) is 60.5. The molecule has 566 valence electrons. The highest BCUT2D eigenvalue weighted by Crippen LogP contribution is 2.45. The van der Waals surface area contributed by atoms with E-state index in [2.05, 4.69) is 31.9 Å². The van der Waals surface area contributed by atoms with Gasteiger partial charge < -0.3 is 74.6 Å². The van der Waals surface area contributed by atoms with Crippen molar-refractivity contribution in [2.24, 2.45) is 29.1 Å². The van der Waals surface area contributed by atoms with Crippen LogP contribution in [0.3, 0.4) is 0 Å². The first-order valence-corrected chi connectivity index (χ1v) is 35.8. The van der Waals surface area contributed by atoms with Gasteiger partial charge in [0.05, 0.1) is 82.5 Å². The van der Waals surface area contributed by atoms with E-state index in [0.717, 1.165) is 17.5 Å². The van der Waals surface area contributed by atoms with E-state index in [1.165, 1.54) is 13.2 Å². The fourth-order valence-electron chi connectivity index (χ4n) is 11.0. The number of ketones is 1. The fraction of sp³-hybridized carbons (Fsp3) is 0.644. The first-order valence-electron chi connectivity index (χ1n) is 35.4. The fourth-order valence-corrected chi connectivity index (χ4v) is 11.3. The quantitative estimate of drug-likeness (QED) is 0.0195. The van der Waals surface area contributed by atoms with Crippen molar-refractivity contribution >= 4 is 82.5 Å². The highest BCUT2D eigenvalue weighted by Gasteiger charge is 2.48. The maximum Gasteiger partial charge on any atom is 0.347 e. The Hall–Kier alpha value is -7.89. The Morgan fingerprint density at radius 3 is 1.94 bits per heavy atom. The Morgan fingerprint density at radius 2 is 1.34 bits per heavy atom. The smallest absolute Gasteiger partial charge is 0.347 e. The van der Waals surface area contributed by atoms with Crippen LogP contribution in [0.15, 0.2) is 54.6 Å². The predicted molar refractivity (Wildman–Crippen MR) is 372 cm³/mol. The van der Waals surface area contributed by atoms with E-state index in [-0.39, 0.29) is 126 Å². The molecule has 0 aliphatic carbocycles. The number of amides is 8. The van der Waals surface area contributed by atoms with Gasteiger partial charge in [-0.1, -0.05) is 96.0 Å². The standard InChI is InChI=1S/C73H106ClN7O21/c1-10-30-75-59(83)28-32-95-34-36-97-38-39-98-37-35-96-33-29-60(84)76-31-12-11-15-52(43-55(82)66(47(4)5)80-62(86)18-14-19-65(89)102-81-63(87)26-27-64(81)88)69(90)77-44-49-20-23-51(24-21-49)68-67(101-68)48(6)56-16-13-17-61(85)79-54(42-50-22-25-57(94-9)53(74)41-50)70(91)78-45-73(7,8)72(93)100-58(40-46(2)3)71(92)99-56/h13,17,20-25,41,46-48,52,54,56,58,66-68H,10-12,14-16,18-19,26-40,42-45H2,1-9H3,(H,75,83)(H,76,84)(H,77,90)(H,78,91)(H,79,85)(H,80,86)/b17-13+/t48-,52+,54+,56-,58-,66-,67+,68+/m0/s1. The molecule has 2 aromatic carbocycles. The molecule has 8 atom stereocenters. The molecule has 28 nitrogen and oxygen atoms in total. The van der Waals surface area contributed by atoms with Gasteiger partial charge in [-0.05, 0) is 92.7 Å². The van der Waals surface area contributed by atoms with E-state index >= 15 is 0 Å². The lowest BCUT2D eigenvalue weighted by atomic mass is 9.89. The second-order valence-corrected chi connectivity index (χ2v) is 27.4. The molecule has 2 saturated heterocycles. The topological polar surface area (TPSA) is 367 Å². The Balaban J connectivity index is 1.17. The van der Waals surface area contributed by atoms with Crippen molar-refractivity contribution < 1.29 is 100 Å². The van der Waals surface area contributed by atoms with Gasteiger partial charge in [-0.25, -0.2) is 9.59 Å². The average Bonchev–Trinajstić information content (AvgIpc) is 1.62. The van der Waals surface area contributed by atoms with E-state index in [1.807, 2.05) is 52.0 Å². The summed E-state index contributed by atoms with van der Waals surface area (Å²) < 4.78 is 45.6. The van der Waals surface area contributed by atoms with Crippen molar-refractivity contribution in [1.82, 2.24) is 37.0 Å². The third-order valence-corrected chi connectivity index (χ3v) is 17.4. The summed E-state index contributed by atoms with van der Waals surface area (Å²) >= 11 is 6.41. The minimum Gasteiger partial charge on any atom is -0.495 e. The third kappa shape index (κ3) is 30.6. The van der Waals surface area contributed by atoms with Crippen molar-refractivity contribution in [1.29, 1.82) is 0 Å². The van der Waals surface area contributed by atoms with E-state index in [4.69, 9.17) is 54.3 Å². The van der Waals surface area contributed by atoms with Gasteiger partial charge in [-0.15, -0.1) is 5.06 Å². The molecule has 0 radical (unpaired) electrons. The normalized spacial score (nSPS) is 19.9. The maximum absolute atomic E-state index is 14.2. The molecule has 2 aromatic rings. The molecule has 3 heterocycles. The van der Waals surface area contributed by atoms with Crippen LogP contribution in [0.5, 0.6) is 5.75 Å². The van der Waals surface area contributed by atoms with E-state index in [1.54, 1.807) is 52.0 Å². The van der Waals surface area contributed by atoms with Crippen molar-refractivity contribution in [2.75, 3.05) is 79.6 Å². The summed E-state index contributed by atoms with van der Waals surface area (Å²) in [5, 5.41) is 17.7. The predicted octanol–water partition coefficient (Wildman–Crippen LogP) is 5.89. The number of carbonyl (C=O) groups is 12. The van der Waals surface area contributed by atoms with Crippen LogP contribution in [0.2, 0.25) is 5.02 Å². The largest absolute Gasteiger partial charge is 0.495 e. The molecule has 5 rings (SSSR count). The first-order chi connectivity index (χ1) is 48.7. The maximum atomic E-state index is 14.2. The minimum absolute atomic E-state index is 0.00473. The summed E-state index contributed by atoms with van der Waals surface area (Å²) in [6.45, 7) is 17.6. The molecule has 3 aliphatic heterocycles. The van der Waals surface area contributed by atoms with Crippen LogP contribution in [0.25, 0.3) is 0 Å². The van der Waals surface area contributed by atoms with Gasteiger partial charge in [0.15, 0.2) is 11.9 Å². The number of hydroxylamine groups is 2. The molecule has 0 saturated carbocycles. The van der Waals surface area contributed by atoms with Crippen LogP contribution in [-0.2, 0) is 108 Å². The molecule has 29 heteroatoms. The number of ether oxygens (including phenoxy) is 8. The van der Waals surface area contributed by atoms with Gasteiger partial charge in [0.1, 0.15) is 24.0 Å². The molecule has 2 fully saturated rings. The molecule has 0 unspecified atom stereocenters. The molecular weight excluding hydrogens is 1350 g/mol. The lowest BCUT2D eigenvalue weighted by Gasteiger charge is -2.29. The lowest BCUT2D eigenvalue weighted by molar-refractivity contribution is -0.197. The van der Waals surface area contributed by atoms with Gasteiger partial charge in [-0.2, -0.15) is 0 Å². The SMILES string of the molecule is CCCNC(=O)CCOCCOCCOCCOCCC(=O)NCCCC[C@H](CC(=O)[C@@H](NC(=O)CCCC(=O)ON1C(=O)CCC1=O)C(C)C)C(=O)NCc1ccc([C@H]2O[C@@H]2[C@@H](C)[C@@H]2C/C=C/C(=O)N[C@H](Cc3ccc(OC)c(Cl)c3)C(=O)NCC(C)(C)C(=O)O[C@@H](CC(C)C)C(=O)O2)cc1. The number of halogens is 1. The van der Waals surface area contributed by atoms with Gasteiger partial charge in [-0.3, -0.25) is 47.9 Å². The van der Waals surface area contributed by atoms with Crippen LogP contribution in [-0.4, -0.2) is 186 Å². The van der Waals surface area contributed by atoms with E-state index in [9.17, 15) is 57.5 Å². The lowest BCUT2D eigenvalue weighted by Crippen LogP contribution is -2.51. The second kappa shape index (κ2) is 44.6. The number of hydrogen-bond donors (Lipinski definition) is 6. The number of nitrogens with zero attached hydrogens (tertiary/aromatic N) is 1. The Bertz CT molecular complexity index is 3130. The van der Waals surface area contributed by atoms with Crippen molar-refractivity contribution in [3.8, 4) is 5.75 Å². The number of nitrogens with one attached hydrogen (secondary N) is 6.